The molecule has 2 aromatic heterocycles. The van der Waals surface area contributed by atoms with Gasteiger partial charge in [0, 0.05) is 17.0 Å². The van der Waals surface area contributed by atoms with Gasteiger partial charge in [-0.1, -0.05) is 0 Å². The molecule has 1 saturated heterocycles. The van der Waals surface area contributed by atoms with E-state index in [9.17, 15) is 4.79 Å². The standard InChI is InChI=1S/C20H23N5O2S/c1-24-11-8-15(9-12-24)25-18(7-10-21-25)23-19(26)17-13-28-20(22-17)14-3-5-16(27-2)6-4-14/h3-7,10,13,15H,8-9,11-12H2,1-2H3,(H,23,26). The molecule has 0 saturated carbocycles. The van der Waals surface area contributed by atoms with Crippen LogP contribution in [-0.2, 0) is 0 Å². The molecule has 1 fully saturated rings. The minimum Gasteiger partial charge on any atom is -0.497 e. The van der Waals surface area contributed by atoms with E-state index in [4.69, 9.17) is 4.74 Å². The summed E-state index contributed by atoms with van der Waals surface area (Å²) in [6.07, 6.45) is 3.79. The van der Waals surface area contributed by atoms with E-state index < -0.39 is 0 Å². The van der Waals surface area contributed by atoms with Gasteiger partial charge in [-0.05, 0) is 57.2 Å². The first-order valence-corrected chi connectivity index (χ1v) is 10.2. The molecule has 8 heteroatoms. The SMILES string of the molecule is COc1ccc(-c2nc(C(=O)Nc3ccnn3C3CCN(C)CC3)cs2)cc1. The van der Waals surface area contributed by atoms with Gasteiger partial charge in [-0.3, -0.25) is 4.79 Å². The van der Waals surface area contributed by atoms with Crippen LogP contribution in [0.15, 0.2) is 41.9 Å². The zero-order valence-electron chi connectivity index (χ0n) is 16.0. The summed E-state index contributed by atoms with van der Waals surface area (Å²) in [5.74, 6) is 1.30. The Kier molecular flexibility index (Phi) is 5.40. The van der Waals surface area contributed by atoms with E-state index in [0.717, 1.165) is 48.1 Å². The van der Waals surface area contributed by atoms with E-state index in [-0.39, 0.29) is 5.91 Å². The maximum atomic E-state index is 12.7. The fraction of sp³-hybridized carbons (Fsp3) is 0.350. The number of aromatic nitrogens is 3. The van der Waals surface area contributed by atoms with Crippen LogP contribution in [0, 0.1) is 0 Å². The molecule has 3 aromatic rings. The first-order chi connectivity index (χ1) is 13.6. The number of hydrogen-bond acceptors (Lipinski definition) is 6. The van der Waals surface area contributed by atoms with E-state index in [1.807, 2.05) is 35.0 Å². The molecule has 0 aliphatic carbocycles. The van der Waals surface area contributed by atoms with Crippen molar-refractivity contribution in [3.63, 3.8) is 0 Å². The molecule has 1 aliphatic heterocycles. The smallest absolute Gasteiger partial charge is 0.276 e. The number of anilines is 1. The first-order valence-electron chi connectivity index (χ1n) is 9.27. The van der Waals surface area contributed by atoms with Crippen molar-refractivity contribution in [1.82, 2.24) is 19.7 Å². The highest BCUT2D eigenvalue weighted by atomic mass is 32.1. The molecule has 4 rings (SSSR count). The van der Waals surface area contributed by atoms with E-state index in [1.165, 1.54) is 11.3 Å². The number of likely N-dealkylation sites (tertiary alicyclic amines) is 1. The van der Waals surface area contributed by atoms with Crippen LogP contribution >= 0.6 is 11.3 Å². The largest absolute Gasteiger partial charge is 0.497 e. The maximum Gasteiger partial charge on any atom is 0.276 e. The van der Waals surface area contributed by atoms with Crippen LogP contribution < -0.4 is 10.1 Å². The third kappa shape index (κ3) is 3.93. The third-order valence-electron chi connectivity index (χ3n) is 5.02. The fourth-order valence-corrected chi connectivity index (χ4v) is 4.17. The highest BCUT2D eigenvalue weighted by molar-refractivity contribution is 7.13. The van der Waals surface area contributed by atoms with Crippen molar-refractivity contribution in [3.8, 4) is 16.3 Å². The van der Waals surface area contributed by atoms with Crippen LogP contribution in [0.5, 0.6) is 5.75 Å². The molecule has 0 radical (unpaired) electrons. The van der Waals surface area contributed by atoms with Crippen LogP contribution in [-0.4, -0.2) is 52.8 Å². The van der Waals surface area contributed by atoms with Crippen molar-refractivity contribution in [2.75, 3.05) is 32.6 Å². The number of carbonyl (C=O) groups is 1. The molecule has 0 atom stereocenters. The maximum absolute atomic E-state index is 12.7. The van der Waals surface area contributed by atoms with Crippen molar-refractivity contribution < 1.29 is 9.53 Å². The lowest BCUT2D eigenvalue weighted by atomic mass is 10.1. The number of amides is 1. The van der Waals surface area contributed by atoms with Crippen molar-refractivity contribution in [1.29, 1.82) is 0 Å². The average molecular weight is 398 g/mol. The molecule has 0 bridgehead atoms. The Morgan fingerprint density at radius 2 is 1.96 bits per heavy atom. The second-order valence-electron chi connectivity index (χ2n) is 6.92. The van der Waals surface area contributed by atoms with Gasteiger partial charge in [-0.25, -0.2) is 9.67 Å². The van der Waals surface area contributed by atoms with Crippen molar-refractivity contribution in [3.05, 3.63) is 47.6 Å². The van der Waals surface area contributed by atoms with Crippen LogP contribution in [0.25, 0.3) is 10.6 Å². The Balaban J connectivity index is 1.46. The van der Waals surface area contributed by atoms with Gasteiger partial charge < -0.3 is 15.0 Å². The lowest BCUT2D eigenvalue weighted by Crippen LogP contribution is -2.32. The summed E-state index contributed by atoms with van der Waals surface area (Å²) < 4.78 is 7.11. The molecule has 28 heavy (non-hydrogen) atoms. The number of rotatable bonds is 5. The second-order valence-corrected chi connectivity index (χ2v) is 7.77. The second kappa shape index (κ2) is 8.12. The van der Waals surface area contributed by atoms with Crippen molar-refractivity contribution in [2.45, 2.75) is 18.9 Å². The monoisotopic (exact) mass is 397 g/mol. The van der Waals surface area contributed by atoms with Crippen molar-refractivity contribution in [2.24, 2.45) is 0 Å². The lowest BCUT2D eigenvalue weighted by Gasteiger charge is -2.29. The highest BCUT2D eigenvalue weighted by Crippen LogP contribution is 2.27. The Morgan fingerprint density at radius 1 is 1.21 bits per heavy atom. The summed E-state index contributed by atoms with van der Waals surface area (Å²) in [6, 6.07) is 9.80. The Morgan fingerprint density at radius 3 is 2.68 bits per heavy atom. The third-order valence-corrected chi connectivity index (χ3v) is 5.91. The van der Waals surface area contributed by atoms with E-state index >= 15 is 0 Å². The number of methoxy groups -OCH3 is 1. The number of hydrogen-bond donors (Lipinski definition) is 1. The number of carbonyl (C=O) groups excluding carboxylic acids is 1. The Labute approximate surface area is 168 Å². The summed E-state index contributed by atoms with van der Waals surface area (Å²) in [5.41, 5.74) is 1.37. The quantitative estimate of drug-likeness (QED) is 0.713. The fourth-order valence-electron chi connectivity index (χ4n) is 3.37. The van der Waals surface area contributed by atoms with E-state index in [0.29, 0.717) is 11.7 Å². The number of ether oxygens (including phenoxy) is 1. The molecule has 3 heterocycles. The van der Waals surface area contributed by atoms with Gasteiger partial charge in [-0.15, -0.1) is 11.3 Å². The molecule has 1 aliphatic rings. The topological polar surface area (TPSA) is 72.3 Å². The molecule has 1 N–H and O–H groups in total. The minimum atomic E-state index is -0.217. The number of nitrogens with one attached hydrogen (secondary N) is 1. The molecule has 7 nitrogen and oxygen atoms in total. The van der Waals surface area contributed by atoms with Gasteiger partial charge in [0.2, 0.25) is 0 Å². The van der Waals surface area contributed by atoms with Crippen molar-refractivity contribution >= 4 is 23.1 Å². The number of piperidine rings is 1. The van der Waals surface area contributed by atoms with Gasteiger partial charge in [0.1, 0.15) is 22.3 Å². The number of nitrogens with zero attached hydrogens (tertiary/aromatic N) is 4. The molecule has 0 unspecified atom stereocenters. The molecule has 146 valence electrons. The van der Waals surface area contributed by atoms with E-state index in [1.54, 1.807) is 18.7 Å². The lowest BCUT2D eigenvalue weighted by molar-refractivity contribution is 0.102. The average Bonchev–Trinajstić information content (AvgIpc) is 3.39. The van der Waals surface area contributed by atoms with Gasteiger partial charge >= 0.3 is 0 Å². The van der Waals surface area contributed by atoms with Gasteiger partial charge in [0.05, 0.1) is 19.3 Å². The summed E-state index contributed by atoms with van der Waals surface area (Å²) in [6.45, 7) is 2.07. The summed E-state index contributed by atoms with van der Waals surface area (Å²) in [7, 11) is 3.77. The summed E-state index contributed by atoms with van der Waals surface area (Å²) in [4.78, 5) is 19.5. The predicted molar refractivity (Wildman–Crippen MR) is 110 cm³/mol. The minimum absolute atomic E-state index is 0.217. The molecular formula is C20H23N5O2S. The zero-order chi connectivity index (χ0) is 19.5. The number of thiazole rings is 1. The summed E-state index contributed by atoms with van der Waals surface area (Å²) in [5, 5.41) is 9.99. The highest BCUT2D eigenvalue weighted by Gasteiger charge is 2.22. The molecular weight excluding hydrogens is 374 g/mol. The molecule has 1 aromatic carbocycles. The van der Waals surface area contributed by atoms with Crippen LogP contribution in [0.3, 0.4) is 0 Å². The van der Waals surface area contributed by atoms with Crippen LogP contribution in [0.1, 0.15) is 29.4 Å². The van der Waals surface area contributed by atoms with Crippen LogP contribution in [0.4, 0.5) is 5.82 Å². The van der Waals surface area contributed by atoms with Gasteiger partial charge in [0.15, 0.2) is 0 Å². The van der Waals surface area contributed by atoms with E-state index in [2.05, 4.69) is 27.3 Å². The normalized spacial score (nSPS) is 15.5. The molecule has 1 amide bonds. The van der Waals surface area contributed by atoms with Crippen LogP contribution in [0.2, 0.25) is 0 Å². The first kappa shape index (κ1) is 18.6. The summed E-state index contributed by atoms with van der Waals surface area (Å²) >= 11 is 1.45. The zero-order valence-corrected chi connectivity index (χ0v) is 16.8. The van der Waals surface area contributed by atoms with Gasteiger partial charge in [-0.2, -0.15) is 5.10 Å². The Hall–Kier alpha value is -2.71. The molecule has 0 spiro atoms. The predicted octanol–water partition coefficient (Wildman–Crippen LogP) is 3.53. The Bertz CT molecular complexity index is 942. The number of benzene rings is 1. The van der Waals surface area contributed by atoms with Gasteiger partial charge in [0.25, 0.3) is 5.91 Å².